The van der Waals surface area contributed by atoms with Crippen molar-refractivity contribution in [2.24, 2.45) is 0 Å². The SMILES string of the molecule is COC(=O)c1ccc(NC(=O)Cc2ccc(F)cc2)c(C)c1. The fourth-order valence-electron chi connectivity index (χ4n) is 2.03. The predicted octanol–water partition coefficient (Wildman–Crippen LogP) is 3.10. The Morgan fingerprint density at radius 1 is 1.14 bits per heavy atom. The number of benzene rings is 2. The molecular weight excluding hydrogens is 285 g/mol. The van der Waals surface area contributed by atoms with E-state index >= 15 is 0 Å². The molecule has 0 aliphatic rings. The van der Waals surface area contributed by atoms with Gasteiger partial charge in [-0.05, 0) is 48.4 Å². The molecule has 1 N–H and O–H groups in total. The minimum Gasteiger partial charge on any atom is -0.465 e. The van der Waals surface area contributed by atoms with Crippen LogP contribution in [0.2, 0.25) is 0 Å². The summed E-state index contributed by atoms with van der Waals surface area (Å²) >= 11 is 0. The topological polar surface area (TPSA) is 55.4 Å². The summed E-state index contributed by atoms with van der Waals surface area (Å²) in [7, 11) is 1.32. The summed E-state index contributed by atoms with van der Waals surface area (Å²) in [5.74, 6) is -0.966. The Morgan fingerprint density at radius 2 is 1.82 bits per heavy atom. The molecule has 0 heterocycles. The summed E-state index contributed by atoms with van der Waals surface area (Å²) in [6, 6.07) is 10.7. The molecule has 0 unspecified atom stereocenters. The van der Waals surface area contributed by atoms with Gasteiger partial charge in [0.15, 0.2) is 0 Å². The largest absolute Gasteiger partial charge is 0.465 e. The Morgan fingerprint density at radius 3 is 2.41 bits per heavy atom. The van der Waals surface area contributed by atoms with Crippen molar-refractivity contribution in [3.05, 3.63) is 65.0 Å². The van der Waals surface area contributed by atoms with Gasteiger partial charge in [0.25, 0.3) is 0 Å². The van der Waals surface area contributed by atoms with E-state index in [1.807, 2.05) is 0 Å². The number of nitrogens with one attached hydrogen (secondary N) is 1. The van der Waals surface area contributed by atoms with E-state index in [0.717, 1.165) is 11.1 Å². The summed E-state index contributed by atoms with van der Waals surface area (Å²) in [5.41, 5.74) is 2.54. The molecule has 0 atom stereocenters. The first-order chi connectivity index (χ1) is 10.5. The average molecular weight is 301 g/mol. The van der Waals surface area contributed by atoms with Crippen LogP contribution in [0.4, 0.5) is 10.1 Å². The van der Waals surface area contributed by atoms with Crippen molar-refractivity contribution in [3.8, 4) is 0 Å². The number of aryl methyl sites for hydroxylation is 1. The van der Waals surface area contributed by atoms with Crippen molar-refractivity contribution < 1.29 is 18.7 Å². The molecule has 114 valence electrons. The zero-order chi connectivity index (χ0) is 16.1. The fourth-order valence-corrected chi connectivity index (χ4v) is 2.03. The maximum Gasteiger partial charge on any atom is 0.337 e. The zero-order valence-corrected chi connectivity index (χ0v) is 12.4. The molecule has 22 heavy (non-hydrogen) atoms. The number of amides is 1. The van der Waals surface area contributed by atoms with E-state index < -0.39 is 5.97 Å². The van der Waals surface area contributed by atoms with Crippen LogP contribution in [0.25, 0.3) is 0 Å². The van der Waals surface area contributed by atoms with Crippen molar-refractivity contribution in [1.29, 1.82) is 0 Å². The van der Waals surface area contributed by atoms with Gasteiger partial charge in [-0.3, -0.25) is 4.79 Å². The van der Waals surface area contributed by atoms with Crippen LogP contribution in [0.3, 0.4) is 0 Å². The third kappa shape index (κ3) is 3.91. The summed E-state index contributed by atoms with van der Waals surface area (Å²) in [6.07, 6.45) is 0.151. The number of hydrogen-bond donors (Lipinski definition) is 1. The minimum absolute atomic E-state index is 0.151. The highest BCUT2D eigenvalue weighted by Crippen LogP contribution is 2.17. The fraction of sp³-hybridized carbons (Fsp3) is 0.176. The van der Waals surface area contributed by atoms with Crippen LogP contribution in [-0.2, 0) is 16.0 Å². The molecule has 0 radical (unpaired) electrons. The standard InChI is InChI=1S/C17H16FNO3/c1-11-9-13(17(21)22-2)5-8-15(11)19-16(20)10-12-3-6-14(18)7-4-12/h3-9H,10H2,1-2H3,(H,19,20). The first-order valence-electron chi connectivity index (χ1n) is 6.73. The number of carbonyl (C=O) groups excluding carboxylic acids is 2. The molecule has 0 aliphatic carbocycles. The van der Waals surface area contributed by atoms with Crippen LogP contribution in [-0.4, -0.2) is 19.0 Å². The van der Waals surface area contributed by atoms with Crippen LogP contribution >= 0.6 is 0 Å². The molecule has 0 spiro atoms. The molecule has 0 bridgehead atoms. The van der Waals surface area contributed by atoms with Gasteiger partial charge in [-0.2, -0.15) is 0 Å². The lowest BCUT2D eigenvalue weighted by atomic mass is 10.1. The molecule has 2 rings (SSSR count). The molecule has 5 heteroatoms. The van der Waals surface area contributed by atoms with Crippen LogP contribution in [0.5, 0.6) is 0 Å². The van der Waals surface area contributed by atoms with E-state index in [2.05, 4.69) is 10.1 Å². The van der Waals surface area contributed by atoms with Crippen LogP contribution < -0.4 is 5.32 Å². The molecule has 2 aromatic rings. The Hall–Kier alpha value is -2.69. The highest BCUT2D eigenvalue weighted by Gasteiger charge is 2.10. The van der Waals surface area contributed by atoms with E-state index in [-0.39, 0.29) is 18.1 Å². The first kappa shape index (κ1) is 15.7. The second-order valence-corrected chi connectivity index (χ2v) is 4.87. The predicted molar refractivity (Wildman–Crippen MR) is 81.3 cm³/mol. The van der Waals surface area contributed by atoms with Gasteiger partial charge in [-0.25, -0.2) is 9.18 Å². The van der Waals surface area contributed by atoms with Gasteiger partial charge in [-0.1, -0.05) is 12.1 Å². The molecule has 0 aliphatic heterocycles. The van der Waals surface area contributed by atoms with Gasteiger partial charge in [0.2, 0.25) is 5.91 Å². The minimum atomic E-state index is -0.424. The lowest BCUT2D eigenvalue weighted by Crippen LogP contribution is -2.15. The molecule has 0 saturated carbocycles. The maximum atomic E-state index is 12.8. The van der Waals surface area contributed by atoms with Crippen LogP contribution in [0.1, 0.15) is 21.5 Å². The van der Waals surface area contributed by atoms with Gasteiger partial charge in [-0.15, -0.1) is 0 Å². The van der Waals surface area contributed by atoms with E-state index in [0.29, 0.717) is 11.3 Å². The van der Waals surface area contributed by atoms with Crippen LogP contribution in [0.15, 0.2) is 42.5 Å². The number of methoxy groups -OCH3 is 1. The number of rotatable bonds is 4. The van der Waals surface area contributed by atoms with E-state index in [1.165, 1.54) is 19.2 Å². The number of ether oxygens (including phenoxy) is 1. The lowest BCUT2D eigenvalue weighted by molar-refractivity contribution is -0.115. The second kappa shape index (κ2) is 6.85. The van der Waals surface area contributed by atoms with Crippen LogP contribution in [0, 0.1) is 12.7 Å². The molecule has 2 aromatic carbocycles. The lowest BCUT2D eigenvalue weighted by Gasteiger charge is -2.10. The molecule has 0 fully saturated rings. The highest BCUT2D eigenvalue weighted by molar-refractivity contribution is 5.94. The summed E-state index contributed by atoms with van der Waals surface area (Å²) in [4.78, 5) is 23.4. The van der Waals surface area contributed by atoms with Gasteiger partial charge in [0.05, 0.1) is 19.1 Å². The third-order valence-electron chi connectivity index (χ3n) is 3.20. The molecule has 4 nitrogen and oxygen atoms in total. The number of carbonyl (C=O) groups is 2. The maximum absolute atomic E-state index is 12.8. The van der Waals surface area contributed by atoms with E-state index in [9.17, 15) is 14.0 Å². The number of anilines is 1. The monoisotopic (exact) mass is 301 g/mol. The zero-order valence-electron chi connectivity index (χ0n) is 12.4. The number of hydrogen-bond acceptors (Lipinski definition) is 3. The van der Waals surface area contributed by atoms with Crippen molar-refractivity contribution in [3.63, 3.8) is 0 Å². The quantitative estimate of drug-likeness (QED) is 0.883. The molecule has 0 aromatic heterocycles. The Bertz CT molecular complexity index is 696. The van der Waals surface area contributed by atoms with E-state index in [1.54, 1.807) is 37.3 Å². The van der Waals surface area contributed by atoms with Crippen molar-refractivity contribution in [2.75, 3.05) is 12.4 Å². The van der Waals surface area contributed by atoms with Crippen molar-refractivity contribution in [1.82, 2.24) is 0 Å². The van der Waals surface area contributed by atoms with Gasteiger partial charge >= 0.3 is 5.97 Å². The number of halogens is 1. The molecule has 0 saturated heterocycles. The molecular formula is C17H16FNO3. The van der Waals surface area contributed by atoms with Gasteiger partial charge < -0.3 is 10.1 Å². The van der Waals surface area contributed by atoms with Gasteiger partial charge in [0.1, 0.15) is 5.82 Å². The first-order valence-corrected chi connectivity index (χ1v) is 6.73. The van der Waals surface area contributed by atoms with Gasteiger partial charge in [0, 0.05) is 5.69 Å². The Balaban J connectivity index is 2.05. The highest BCUT2D eigenvalue weighted by atomic mass is 19.1. The second-order valence-electron chi connectivity index (χ2n) is 4.87. The smallest absolute Gasteiger partial charge is 0.337 e. The summed E-state index contributed by atoms with van der Waals surface area (Å²) in [6.45, 7) is 1.79. The Kier molecular flexibility index (Phi) is 4.88. The Labute approximate surface area is 127 Å². The number of esters is 1. The van der Waals surface area contributed by atoms with E-state index in [4.69, 9.17) is 0 Å². The summed E-state index contributed by atoms with van der Waals surface area (Å²) < 4.78 is 17.5. The molecule has 1 amide bonds. The summed E-state index contributed by atoms with van der Waals surface area (Å²) in [5, 5.41) is 2.77. The average Bonchev–Trinajstić information content (AvgIpc) is 2.50. The normalized spacial score (nSPS) is 10.1. The van der Waals surface area contributed by atoms with Crippen molar-refractivity contribution >= 4 is 17.6 Å². The third-order valence-corrected chi connectivity index (χ3v) is 3.20. The van der Waals surface area contributed by atoms with Crippen molar-refractivity contribution in [2.45, 2.75) is 13.3 Å².